The molecular formula is C25H27Cl2NO6. The number of Topliss-reactive ketones (excluding diaryl/α,β-unsaturated/α-hetero) is 1. The Bertz CT molecular complexity index is 1140. The highest BCUT2D eigenvalue weighted by atomic mass is 35.5. The molecule has 0 radical (unpaired) electrons. The Labute approximate surface area is 208 Å². The second-order valence-corrected chi connectivity index (χ2v) is 8.80. The maximum atomic E-state index is 13.2. The molecular weight excluding hydrogens is 481 g/mol. The Hall–Kier alpha value is -2.90. The van der Waals surface area contributed by atoms with E-state index in [1.807, 2.05) is 20.8 Å². The standard InChI is InChI=1S/C25H27Cl2NO6/c1-6-10-28-20(14-8-7-9-15(11-14)34-13(2)3)18(22(30)25(28)31)21(29)16-12-17(26)24(33-5)19(27)23(16)32-4/h7-9,11-13,20,29H,6,10H2,1-5H3/b21-18+. The molecule has 1 aliphatic rings. The summed E-state index contributed by atoms with van der Waals surface area (Å²) in [7, 11) is 2.76. The molecule has 3 rings (SSSR count). The van der Waals surface area contributed by atoms with Crippen LogP contribution in [-0.4, -0.2) is 48.6 Å². The van der Waals surface area contributed by atoms with Crippen LogP contribution < -0.4 is 14.2 Å². The zero-order valence-electron chi connectivity index (χ0n) is 19.6. The van der Waals surface area contributed by atoms with Gasteiger partial charge in [0.25, 0.3) is 11.7 Å². The van der Waals surface area contributed by atoms with Gasteiger partial charge in [0.1, 0.15) is 16.5 Å². The molecule has 182 valence electrons. The van der Waals surface area contributed by atoms with Crippen LogP contribution in [0.1, 0.15) is 44.4 Å². The van der Waals surface area contributed by atoms with Crippen molar-refractivity contribution >= 4 is 40.7 Å². The van der Waals surface area contributed by atoms with Crippen molar-refractivity contribution in [2.24, 2.45) is 0 Å². The number of amides is 1. The Morgan fingerprint density at radius 2 is 1.79 bits per heavy atom. The molecule has 0 spiro atoms. The van der Waals surface area contributed by atoms with E-state index in [2.05, 4.69) is 0 Å². The number of carbonyl (C=O) groups excluding carboxylic acids is 2. The lowest BCUT2D eigenvalue weighted by Gasteiger charge is -2.25. The van der Waals surface area contributed by atoms with E-state index < -0.39 is 23.5 Å². The van der Waals surface area contributed by atoms with E-state index in [1.165, 1.54) is 25.2 Å². The van der Waals surface area contributed by atoms with Crippen LogP contribution in [-0.2, 0) is 9.59 Å². The summed E-state index contributed by atoms with van der Waals surface area (Å²) < 4.78 is 16.4. The van der Waals surface area contributed by atoms with Gasteiger partial charge in [-0.15, -0.1) is 0 Å². The summed E-state index contributed by atoms with van der Waals surface area (Å²) in [4.78, 5) is 27.6. The largest absolute Gasteiger partial charge is 0.507 e. The average Bonchev–Trinajstić information content (AvgIpc) is 3.03. The predicted molar refractivity (Wildman–Crippen MR) is 131 cm³/mol. The van der Waals surface area contributed by atoms with Crippen molar-refractivity contribution in [3.8, 4) is 17.2 Å². The number of benzene rings is 2. The van der Waals surface area contributed by atoms with Gasteiger partial charge in [-0.05, 0) is 44.0 Å². The fraction of sp³-hybridized carbons (Fsp3) is 0.360. The van der Waals surface area contributed by atoms with Crippen molar-refractivity contribution < 1.29 is 28.9 Å². The number of aliphatic hydroxyl groups is 1. The van der Waals surface area contributed by atoms with Crippen LogP contribution in [0.4, 0.5) is 0 Å². The van der Waals surface area contributed by atoms with Crippen LogP contribution in [0, 0.1) is 0 Å². The van der Waals surface area contributed by atoms with E-state index in [0.717, 1.165) is 0 Å². The highest BCUT2D eigenvalue weighted by molar-refractivity contribution is 6.47. The summed E-state index contributed by atoms with van der Waals surface area (Å²) >= 11 is 12.7. The molecule has 0 bridgehead atoms. The maximum Gasteiger partial charge on any atom is 0.295 e. The van der Waals surface area contributed by atoms with E-state index in [9.17, 15) is 14.7 Å². The number of likely N-dealkylation sites (tertiary alicyclic amines) is 1. The first-order chi connectivity index (χ1) is 16.2. The monoisotopic (exact) mass is 507 g/mol. The second-order valence-electron chi connectivity index (χ2n) is 8.02. The number of rotatable bonds is 8. The highest BCUT2D eigenvalue weighted by Gasteiger charge is 2.46. The highest BCUT2D eigenvalue weighted by Crippen LogP contribution is 2.47. The van der Waals surface area contributed by atoms with Gasteiger partial charge in [-0.25, -0.2) is 0 Å². The zero-order valence-corrected chi connectivity index (χ0v) is 21.2. The minimum absolute atomic E-state index is 0.0331. The molecule has 1 fully saturated rings. The topological polar surface area (TPSA) is 85.3 Å². The van der Waals surface area contributed by atoms with Crippen molar-refractivity contribution in [2.45, 2.75) is 39.3 Å². The third kappa shape index (κ3) is 4.68. The Morgan fingerprint density at radius 3 is 2.38 bits per heavy atom. The number of ether oxygens (including phenoxy) is 3. The van der Waals surface area contributed by atoms with E-state index in [-0.39, 0.29) is 38.8 Å². The van der Waals surface area contributed by atoms with E-state index in [0.29, 0.717) is 24.3 Å². The number of aliphatic hydroxyl groups excluding tert-OH is 1. The number of hydrogen-bond acceptors (Lipinski definition) is 6. The number of methoxy groups -OCH3 is 2. The third-order valence-electron chi connectivity index (χ3n) is 5.34. The molecule has 0 aromatic heterocycles. The average molecular weight is 508 g/mol. The van der Waals surface area contributed by atoms with Crippen molar-refractivity contribution in [1.29, 1.82) is 0 Å². The first kappa shape index (κ1) is 25.7. The molecule has 0 saturated carbocycles. The van der Waals surface area contributed by atoms with Crippen molar-refractivity contribution in [3.05, 3.63) is 57.1 Å². The van der Waals surface area contributed by atoms with Gasteiger partial charge in [0.2, 0.25) is 0 Å². The SMILES string of the molecule is CCCN1C(=O)C(=O)/C(=C(/O)c2cc(Cl)c(OC)c(Cl)c2OC)C1c1cccc(OC(C)C)c1. The van der Waals surface area contributed by atoms with Crippen molar-refractivity contribution in [2.75, 3.05) is 20.8 Å². The van der Waals surface area contributed by atoms with Gasteiger partial charge >= 0.3 is 0 Å². The normalized spacial score (nSPS) is 17.4. The van der Waals surface area contributed by atoms with Crippen LogP contribution in [0.5, 0.6) is 17.2 Å². The smallest absolute Gasteiger partial charge is 0.295 e. The zero-order chi connectivity index (χ0) is 25.2. The van der Waals surface area contributed by atoms with Gasteiger partial charge in [0, 0.05) is 6.54 Å². The minimum Gasteiger partial charge on any atom is -0.507 e. The Kier molecular flexibility index (Phi) is 8.00. The fourth-order valence-corrected chi connectivity index (χ4v) is 4.71. The van der Waals surface area contributed by atoms with Crippen LogP contribution in [0.25, 0.3) is 5.76 Å². The molecule has 2 aromatic rings. The summed E-state index contributed by atoms with van der Waals surface area (Å²) in [5.41, 5.74) is 0.611. The molecule has 1 aliphatic heterocycles. The summed E-state index contributed by atoms with van der Waals surface area (Å²) in [6.07, 6.45) is 0.556. The van der Waals surface area contributed by atoms with Gasteiger partial charge in [0.05, 0.1) is 42.5 Å². The van der Waals surface area contributed by atoms with Crippen molar-refractivity contribution in [3.63, 3.8) is 0 Å². The van der Waals surface area contributed by atoms with Gasteiger partial charge in [0.15, 0.2) is 11.5 Å². The number of carbonyl (C=O) groups is 2. The van der Waals surface area contributed by atoms with Crippen LogP contribution in [0.3, 0.4) is 0 Å². The molecule has 1 N–H and O–H groups in total. The maximum absolute atomic E-state index is 13.2. The molecule has 9 heteroatoms. The lowest BCUT2D eigenvalue weighted by molar-refractivity contribution is -0.139. The molecule has 2 aromatic carbocycles. The summed E-state index contributed by atoms with van der Waals surface area (Å²) in [6.45, 7) is 6.03. The minimum atomic E-state index is -0.833. The van der Waals surface area contributed by atoms with Crippen LogP contribution in [0.15, 0.2) is 35.9 Å². The summed E-state index contributed by atoms with van der Waals surface area (Å²) in [6, 6.07) is 7.67. The summed E-state index contributed by atoms with van der Waals surface area (Å²) in [5.74, 6) is -1.14. The van der Waals surface area contributed by atoms with E-state index in [4.69, 9.17) is 37.4 Å². The van der Waals surface area contributed by atoms with E-state index in [1.54, 1.807) is 24.3 Å². The number of nitrogens with zero attached hydrogens (tertiary/aromatic N) is 1. The first-order valence-electron chi connectivity index (χ1n) is 10.8. The van der Waals surface area contributed by atoms with Crippen LogP contribution >= 0.6 is 23.2 Å². The lowest BCUT2D eigenvalue weighted by Crippen LogP contribution is -2.30. The molecule has 1 atom stereocenters. The van der Waals surface area contributed by atoms with E-state index >= 15 is 0 Å². The Balaban J connectivity index is 2.28. The molecule has 34 heavy (non-hydrogen) atoms. The lowest BCUT2D eigenvalue weighted by atomic mass is 9.94. The quantitative estimate of drug-likeness (QED) is 0.283. The number of ketones is 1. The van der Waals surface area contributed by atoms with Crippen molar-refractivity contribution in [1.82, 2.24) is 4.90 Å². The van der Waals surface area contributed by atoms with Gasteiger partial charge < -0.3 is 24.2 Å². The third-order valence-corrected chi connectivity index (χ3v) is 5.97. The van der Waals surface area contributed by atoms with Gasteiger partial charge in [-0.3, -0.25) is 9.59 Å². The molecule has 1 unspecified atom stereocenters. The first-order valence-corrected chi connectivity index (χ1v) is 11.6. The fourth-order valence-electron chi connectivity index (χ4n) is 4.02. The predicted octanol–water partition coefficient (Wildman–Crippen LogP) is 5.63. The molecule has 1 saturated heterocycles. The number of hydrogen-bond donors (Lipinski definition) is 1. The molecule has 7 nitrogen and oxygen atoms in total. The van der Waals surface area contributed by atoms with Gasteiger partial charge in [-0.2, -0.15) is 0 Å². The summed E-state index contributed by atoms with van der Waals surface area (Å²) in [5, 5.41) is 11.5. The molecule has 1 amide bonds. The molecule has 0 aliphatic carbocycles. The van der Waals surface area contributed by atoms with Crippen LogP contribution in [0.2, 0.25) is 10.0 Å². The molecule has 1 heterocycles. The Morgan fingerprint density at radius 1 is 1.12 bits per heavy atom. The number of halogens is 2. The second kappa shape index (κ2) is 10.6. The van der Waals surface area contributed by atoms with Gasteiger partial charge in [-0.1, -0.05) is 42.3 Å².